The van der Waals surface area contributed by atoms with Crippen molar-refractivity contribution in [3.8, 4) is 0 Å². The summed E-state index contributed by atoms with van der Waals surface area (Å²) in [6, 6.07) is 0.804. The average molecular weight is 226 g/mol. The van der Waals surface area contributed by atoms with Crippen LogP contribution in [0.25, 0.3) is 0 Å². The molecule has 6 nitrogen and oxygen atoms in total. The number of rotatable bonds is 4. The van der Waals surface area contributed by atoms with Gasteiger partial charge in [0.05, 0.1) is 18.2 Å². The Morgan fingerprint density at radius 2 is 2.25 bits per heavy atom. The van der Waals surface area contributed by atoms with Crippen molar-refractivity contribution in [2.45, 2.75) is 38.5 Å². The van der Waals surface area contributed by atoms with Crippen LogP contribution in [-0.4, -0.2) is 36.0 Å². The molecular weight excluding hydrogens is 208 g/mol. The van der Waals surface area contributed by atoms with Crippen molar-refractivity contribution >= 4 is 6.01 Å². The van der Waals surface area contributed by atoms with Gasteiger partial charge in [0.25, 0.3) is 0 Å². The molecule has 1 saturated heterocycles. The molecule has 1 aliphatic heterocycles. The Labute approximate surface area is 94.8 Å². The van der Waals surface area contributed by atoms with Crippen LogP contribution in [0.15, 0.2) is 4.42 Å². The third kappa shape index (κ3) is 2.33. The van der Waals surface area contributed by atoms with E-state index in [1.165, 1.54) is 0 Å². The SMILES string of the molecule is CNC(C)c1nnc(NC2CCOC2C)o1. The van der Waals surface area contributed by atoms with Crippen LogP contribution in [0.3, 0.4) is 0 Å². The molecule has 16 heavy (non-hydrogen) atoms. The number of nitrogens with one attached hydrogen (secondary N) is 2. The predicted molar refractivity (Wildman–Crippen MR) is 59.2 cm³/mol. The summed E-state index contributed by atoms with van der Waals surface area (Å²) in [6.07, 6.45) is 1.16. The Morgan fingerprint density at radius 1 is 1.44 bits per heavy atom. The number of nitrogens with zero attached hydrogens (tertiary/aromatic N) is 2. The molecule has 3 atom stereocenters. The number of hydrogen-bond acceptors (Lipinski definition) is 6. The largest absolute Gasteiger partial charge is 0.406 e. The van der Waals surface area contributed by atoms with E-state index in [1.54, 1.807) is 0 Å². The van der Waals surface area contributed by atoms with Crippen molar-refractivity contribution in [2.75, 3.05) is 19.0 Å². The molecule has 0 radical (unpaired) electrons. The molecule has 1 aromatic rings. The summed E-state index contributed by atoms with van der Waals surface area (Å²) in [7, 11) is 1.86. The molecule has 2 heterocycles. The number of ether oxygens (including phenoxy) is 1. The lowest BCUT2D eigenvalue weighted by Gasteiger charge is -2.13. The molecule has 0 spiro atoms. The van der Waals surface area contributed by atoms with Gasteiger partial charge in [-0.05, 0) is 27.3 Å². The van der Waals surface area contributed by atoms with Crippen LogP contribution in [0, 0.1) is 0 Å². The Kier molecular flexibility index (Phi) is 3.40. The van der Waals surface area contributed by atoms with Crippen LogP contribution in [0.4, 0.5) is 6.01 Å². The average Bonchev–Trinajstić information content (AvgIpc) is 2.89. The van der Waals surface area contributed by atoms with Gasteiger partial charge in [-0.1, -0.05) is 5.10 Å². The maximum Gasteiger partial charge on any atom is 0.315 e. The van der Waals surface area contributed by atoms with Gasteiger partial charge >= 0.3 is 6.01 Å². The molecule has 0 saturated carbocycles. The summed E-state index contributed by atoms with van der Waals surface area (Å²) in [6.45, 7) is 4.80. The van der Waals surface area contributed by atoms with Crippen LogP contribution in [0.2, 0.25) is 0 Å². The van der Waals surface area contributed by atoms with Crippen LogP contribution in [0.5, 0.6) is 0 Å². The van der Waals surface area contributed by atoms with E-state index in [1.807, 2.05) is 20.9 Å². The molecule has 6 heteroatoms. The molecular formula is C10H18N4O2. The lowest BCUT2D eigenvalue weighted by molar-refractivity contribution is 0.121. The fourth-order valence-corrected chi connectivity index (χ4v) is 1.67. The number of aromatic nitrogens is 2. The molecule has 0 amide bonds. The predicted octanol–water partition coefficient (Wildman–Crippen LogP) is 0.939. The molecule has 3 unspecified atom stereocenters. The summed E-state index contributed by atoms with van der Waals surface area (Å²) in [5.74, 6) is 0.594. The number of anilines is 1. The molecule has 0 bridgehead atoms. The maximum absolute atomic E-state index is 5.50. The minimum atomic E-state index is 0.0697. The van der Waals surface area contributed by atoms with Gasteiger partial charge in [-0.15, -0.1) is 5.10 Å². The van der Waals surface area contributed by atoms with Crippen molar-refractivity contribution in [2.24, 2.45) is 0 Å². The first-order chi connectivity index (χ1) is 7.70. The van der Waals surface area contributed by atoms with Crippen molar-refractivity contribution in [1.82, 2.24) is 15.5 Å². The zero-order chi connectivity index (χ0) is 11.5. The highest BCUT2D eigenvalue weighted by atomic mass is 16.5. The molecule has 0 aromatic carbocycles. The molecule has 90 valence electrons. The topological polar surface area (TPSA) is 72.2 Å². The highest BCUT2D eigenvalue weighted by molar-refractivity contribution is 5.21. The first-order valence-electron chi connectivity index (χ1n) is 5.59. The van der Waals surface area contributed by atoms with Gasteiger partial charge in [0.15, 0.2) is 0 Å². The van der Waals surface area contributed by atoms with E-state index in [2.05, 4.69) is 20.8 Å². The molecule has 1 fully saturated rings. The first kappa shape index (κ1) is 11.3. The van der Waals surface area contributed by atoms with Crippen molar-refractivity contribution < 1.29 is 9.15 Å². The summed E-state index contributed by atoms with van der Waals surface area (Å²) < 4.78 is 10.9. The van der Waals surface area contributed by atoms with Gasteiger partial charge < -0.3 is 19.8 Å². The van der Waals surface area contributed by atoms with Crippen LogP contribution in [-0.2, 0) is 4.74 Å². The van der Waals surface area contributed by atoms with Crippen molar-refractivity contribution in [1.29, 1.82) is 0 Å². The van der Waals surface area contributed by atoms with E-state index < -0.39 is 0 Å². The van der Waals surface area contributed by atoms with Crippen LogP contribution in [0.1, 0.15) is 32.2 Å². The fraction of sp³-hybridized carbons (Fsp3) is 0.800. The molecule has 1 aromatic heterocycles. The second-order valence-corrected chi connectivity index (χ2v) is 4.07. The zero-order valence-corrected chi connectivity index (χ0v) is 9.86. The van der Waals surface area contributed by atoms with Gasteiger partial charge in [0.2, 0.25) is 5.89 Å². The van der Waals surface area contributed by atoms with E-state index in [0.29, 0.717) is 11.9 Å². The standard InChI is InChI=1S/C10H18N4O2/c1-6(11-3)9-13-14-10(16-9)12-8-4-5-15-7(8)2/h6-8,11H,4-5H2,1-3H3,(H,12,14). The van der Waals surface area contributed by atoms with Gasteiger partial charge in [0.1, 0.15) is 0 Å². The maximum atomic E-state index is 5.50. The quantitative estimate of drug-likeness (QED) is 0.796. The summed E-state index contributed by atoms with van der Waals surface area (Å²) in [5, 5.41) is 14.2. The van der Waals surface area contributed by atoms with E-state index >= 15 is 0 Å². The highest BCUT2D eigenvalue weighted by Gasteiger charge is 2.25. The Morgan fingerprint density at radius 3 is 2.88 bits per heavy atom. The second kappa shape index (κ2) is 4.80. The minimum Gasteiger partial charge on any atom is -0.406 e. The van der Waals surface area contributed by atoms with E-state index in [0.717, 1.165) is 13.0 Å². The molecule has 0 aliphatic carbocycles. The van der Waals surface area contributed by atoms with Gasteiger partial charge in [-0.2, -0.15) is 0 Å². The zero-order valence-electron chi connectivity index (χ0n) is 9.86. The first-order valence-corrected chi connectivity index (χ1v) is 5.59. The summed E-state index contributed by atoms with van der Waals surface area (Å²) >= 11 is 0. The molecule has 2 rings (SSSR count). The van der Waals surface area contributed by atoms with Gasteiger partial charge in [-0.3, -0.25) is 0 Å². The normalized spacial score (nSPS) is 26.9. The Balaban J connectivity index is 1.97. The third-order valence-corrected chi connectivity index (χ3v) is 2.93. The third-order valence-electron chi connectivity index (χ3n) is 2.93. The van der Waals surface area contributed by atoms with E-state index in [4.69, 9.17) is 9.15 Å². The number of hydrogen-bond donors (Lipinski definition) is 2. The summed E-state index contributed by atoms with van der Waals surface area (Å²) in [4.78, 5) is 0. The van der Waals surface area contributed by atoms with E-state index in [-0.39, 0.29) is 18.2 Å². The lowest BCUT2D eigenvalue weighted by Crippen LogP contribution is -2.26. The molecule has 2 N–H and O–H groups in total. The van der Waals surface area contributed by atoms with E-state index in [9.17, 15) is 0 Å². The molecule has 1 aliphatic rings. The van der Waals surface area contributed by atoms with Crippen LogP contribution < -0.4 is 10.6 Å². The smallest absolute Gasteiger partial charge is 0.315 e. The highest BCUT2D eigenvalue weighted by Crippen LogP contribution is 2.19. The Bertz CT molecular complexity index is 341. The fourth-order valence-electron chi connectivity index (χ4n) is 1.67. The monoisotopic (exact) mass is 226 g/mol. The van der Waals surface area contributed by atoms with Gasteiger partial charge in [0, 0.05) is 6.61 Å². The van der Waals surface area contributed by atoms with Crippen LogP contribution >= 0.6 is 0 Å². The van der Waals surface area contributed by atoms with Crippen molar-refractivity contribution in [3.05, 3.63) is 5.89 Å². The van der Waals surface area contributed by atoms with Crippen molar-refractivity contribution in [3.63, 3.8) is 0 Å². The Hall–Kier alpha value is -1.14. The van der Waals surface area contributed by atoms with Gasteiger partial charge in [-0.25, -0.2) is 0 Å². The summed E-state index contributed by atoms with van der Waals surface area (Å²) in [5.41, 5.74) is 0. The minimum absolute atomic E-state index is 0.0697. The lowest BCUT2D eigenvalue weighted by atomic mass is 10.2. The second-order valence-electron chi connectivity index (χ2n) is 4.07.